The number of halogens is 1. The molecule has 1 fully saturated rings. The zero-order chi connectivity index (χ0) is 19.2. The van der Waals surface area contributed by atoms with Crippen molar-refractivity contribution in [1.29, 1.82) is 0 Å². The minimum atomic E-state index is -0.905. The Balaban J connectivity index is 1.59. The van der Waals surface area contributed by atoms with Crippen LogP contribution in [0.4, 0.5) is 14.9 Å². The average Bonchev–Trinajstić information content (AvgIpc) is 2.68. The van der Waals surface area contributed by atoms with E-state index in [2.05, 4.69) is 4.90 Å². The van der Waals surface area contributed by atoms with Gasteiger partial charge in [-0.1, -0.05) is 30.3 Å². The highest BCUT2D eigenvalue weighted by Gasteiger charge is 2.26. The van der Waals surface area contributed by atoms with Crippen LogP contribution in [-0.4, -0.2) is 43.1 Å². The number of carbonyl (C=O) groups excluding carboxylic acids is 2. The Kier molecular flexibility index (Phi) is 5.90. The van der Waals surface area contributed by atoms with Gasteiger partial charge in [0.15, 0.2) is 0 Å². The van der Waals surface area contributed by atoms with Gasteiger partial charge in [0.1, 0.15) is 11.9 Å². The van der Waals surface area contributed by atoms with Gasteiger partial charge in [-0.2, -0.15) is 0 Å². The molecular weight excluding hydrogens is 349 g/mol. The normalized spacial score (nSPS) is 15.3. The van der Waals surface area contributed by atoms with Gasteiger partial charge in [-0.25, -0.2) is 9.18 Å². The first-order valence-electron chi connectivity index (χ1n) is 8.82. The van der Waals surface area contributed by atoms with Crippen LogP contribution in [0.25, 0.3) is 0 Å². The molecule has 0 saturated carbocycles. The molecule has 142 valence electrons. The molecule has 7 heteroatoms. The molecule has 0 aliphatic carbocycles. The zero-order valence-electron chi connectivity index (χ0n) is 14.9. The van der Waals surface area contributed by atoms with Crippen molar-refractivity contribution in [3.8, 4) is 0 Å². The second kappa shape index (κ2) is 8.53. The van der Waals surface area contributed by atoms with E-state index in [0.717, 1.165) is 11.3 Å². The maximum absolute atomic E-state index is 13.1. The van der Waals surface area contributed by atoms with Gasteiger partial charge in [-0.3, -0.25) is 4.79 Å². The predicted octanol–water partition coefficient (Wildman–Crippen LogP) is 2.70. The lowest BCUT2D eigenvalue weighted by Crippen LogP contribution is -2.49. The molecule has 2 aromatic rings. The molecule has 0 radical (unpaired) electrons. The molecule has 1 saturated heterocycles. The second-order valence-corrected chi connectivity index (χ2v) is 6.38. The summed E-state index contributed by atoms with van der Waals surface area (Å²) in [5, 5.41) is 0. The van der Waals surface area contributed by atoms with E-state index in [4.69, 9.17) is 10.5 Å². The van der Waals surface area contributed by atoms with Crippen LogP contribution in [0.5, 0.6) is 0 Å². The molecule has 0 aromatic heterocycles. The molecule has 2 amide bonds. The van der Waals surface area contributed by atoms with E-state index in [0.29, 0.717) is 26.2 Å². The van der Waals surface area contributed by atoms with Crippen LogP contribution in [0.2, 0.25) is 0 Å². The topological polar surface area (TPSA) is 75.9 Å². The maximum Gasteiger partial charge on any atom is 0.405 e. The number of ether oxygens (including phenoxy) is 1. The van der Waals surface area contributed by atoms with Crippen LogP contribution in [0, 0.1) is 5.82 Å². The van der Waals surface area contributed by atoms with Crippen molar-refractivity contribution in [3.05, 3.63) is 66.0 Å². The molecule has 2 aromatic carbocycles. The largest absolute Gasteiger partial charge is 0.441 e. The first kappa shape index (κ1) is 18.7. The minimum Gasteiger partial charge on any atom is -0.441 e. The van der Waals surface area contributed by atoms with Crippen molar-refractivity contribution < 1.29 is 18.7 Å². The van der Waals surface area contributed by atoms with Crippen LogP contribution in [0.1, 0.15) is 18.1 Å². The van der Waals surface area contributed by atoms with Crippen molar-refractivity contribution in [2.24, 2.45) is 5.73 Å². The molecule has 1 aliphatic heterocycles. The van der Waals surface area contributed by atoms with Gasteiger partial charge in [0.25, 0.3) is 0 Å². The SMILES string of the molecule is NC(=O)O[C@H](CC(=O)N1CCN(c2ccc(F)cc2)CC1)c1ccccc1. The van der Waals surface area contributed by atoms with Crippen LogP contribution in [0.15, 0.2) is 54.6 Å². The lowest BCUT2D eigenvalue weighted by Gasteiger charge is -2.36. The highest BCUT2D eigenvalue weighted by molar-refractivity contribution is 5.78. The summed E-state index contributed by atoms with van der Waals surface area (Å²) in [5.41, 5.74) is 6.82. The number of primary amides is 1. The third kappa shape index (κ3) is 4.97. The van der Waals surface area contributed by atoms with Gasteiger partial charge in [-0.05, 0) is 29.8 Å². The molecule has 3 rings (SSSR count). The highest BCUT2D eigenvalue weighted by Crippen LogP contribution is 2.23. The van der Waals surface area contributed by atoms with Gasteiger partial charge < -0.3 is 20.3 Å². The van der Waals surface area contributed by atoms with Crippen molar-refractivity contribution in [1.82, 2.24) is 4.90 Å². The third-order valence-corrected chi connectivity index (χ3v) is 4.61. The fourth-order valence-corrected chi connectivity index (χ4v) is 3.19. The first-order valence-corrected chi connectivity index (χ1v) is 8.82. The monoisotopic (exact) mass is 371 g/mol. The fraction of sp³-hybridized carbons (Fsp3) is 0.300. The summed E-state index contributed by atoms with van der Waals surface area (Å²) >= 11 is 0. The number of amides is 2. The minimum absolute atomic E-state index is 0.0451. The van der Waals surface area contributed by atoms with Crippen LogP contribution < -0.4 is 10.6 Å². The smallest absolute Gasteiger partial charge is 0.405 e. The fourth-order valence-electron chi connectivity index (χ4n) is 3.19. The lowest BCUT2D eigenvalue weighted by molar-refractivity contribution is -0.133. The summed E-state index contributed by atoms with van der Waals surface area (Å²) in [5.74, 6) is -0.363. The maximum atomic E-state index is 13.1. The van der Waals surface area contributed by atoms with E-state index in [-0.39, 0.29) is 18.1 Å². The number of piperazine rings is 1. The number of hydrogen-bond donors (Lipinski definition) is 1. The van der Waals surface area contributed by atoms with Crippen LogP contribution in [-0.2, 0) is 9.53 Å². The quantitative estimate of drug-likeness (QED) is 0.877. The summed E-state index contributed by atoms with van der Waals surface area (Å²) in [6, 6.07) is 15.4. The standard InChI is InChI=1S/C20H22FN3O3/c21-16-6-8-17(9-7-16)23-10-12-24(13-11-23)19(25)14-18(27-20(22)26)15-4-2-1-3-5-15/h1-9,18H,10-14H2,(H2,22,26)/t18-/m1/s1. The van der Waals surface area contributed by atoms with Crippen LogP contribution >= 0.6 is 0 Å². The summed E-state index contributed by atoms with van der Waals surface area (Å²) in [7, 11) is 0. The molecule has 0 spiro atoms. The summed E-state index contributed by atoms with van der Waals surface area (Å²) in [6.07, 6.45) is -1.56. The van der Waals surface area contributed by atoms with E-state index < -0.39 is 12.2 Å². The summed E-state index contributed by atoms with van der Waals surface area (Å²) in [4.78, 5) is 27.7. The first-order chi connectivity index (χ1) is 13.0. The number of benzene rings is 2. The molecule has 1 atom stereocenters. The van der Waals surface area contributed by atoms with E-state index in [1.54, 1.807) is 29.2 Å². The Bertz CT molecular complexity index is 775. The Morgan fingerprint density at radius 2 is 1.63 bits per heavy atom. The number of anilines is 1. The van der Waals surface area contributed by atoms with Gasteiger partial charge >= 0.3 is 6.09 Å². The molecule has 27 heavy (non-hydrogen) atoms. The number of carbonyl (C=O) groups is 2. The van der Waals surface area contributed by atoms with Gasteiger partial charge in [0.2, 0.25) is 5.91 Å². The van der Waals surface area contributed by atoms with Gasteiger partial charge in [0, 0.05) is 31.9 Å². The lowest BCUT2D eigenvalue weighted by atomic mass is 10.1. The Morgan fingerprint density at radius 1 is 1.00 bits per heavy atom. The number of nitrogens with zero attached hydrogens (tertiary/aromatic N) is 2. The molecule has 1 heterocycles. The molecular formula is C20H22FN3O3. The Morgan fingerprint density at radius 3 is 2.22 bits per heavy atom. The molecule has 0 unspecified atom stereocenters. The molecule has 2 N–H and O–H groups in total. The van der Waals surface area contributed by atoms with Crippen molar-refractivity contribution in [3.63, 3.8) is 0 Å². The van der Waals surface area contributed by atoms with E-state index in [9.17, 15) is 14.0 Å². The zero-order valence-corrected chi connectivity index (χ0v) is 14.9. The number of nitrogens with two attached hydrogens (primary N) is 1. The molecule has 6 nitrogen and oxygen atoms in total. The van der Waals surface area contributed by atoms with Gasteiger partial charge in [-0.15, -0.1) is 0 Å². The van der Waals surface area contributed by atoms with Crippen molar-refractivity contribution in [2.75, 3.05) is 31.1 Å². The Hall–Kier alpha value is -3.09. The highest BCUT2D eigenvalue weighted by atomic mass is 19.1. The summed E-state index contributed by atoms with van der Waals surface area (Å²) in [6.45, 7) is 2.41. The Labute approximate surface area is 157 Å². The number of rotatable bonds is 5. The second-order valence-electron chi connectivity index (χ2n) is 6.38. The number of hydrogen-bond acceptors (Lipinski definition) is 4. The average molecular weight is 371 g/mol. The van der Waals surface area contributed by atoms with Crippen molar-refractivity contribution in [2.45, 2.75) is 12.5 Å². The predicted molar refractivity (Wildman–Crippen MR) is 99.7 cm³/mol. The van der Waals surface area contributed by atoms with Crippen LogP contribution in [0.3, 0.4) is 0 Å². The van der Waals surface area contributed by atoms with Crippen molar-refractivity contribution >= 4 is 17.7 Å². The summed E-state index contributed by atoms with van der Waals surface area (Å²) < 4.78 is 18.2. The molecule has 1 aliphatic rings. The molecule has 0 bridgehead atoms. The third-order valence-electron chi connectivity index (χ3n) is 4.61. The van der Waals surface area contributed by atoms with Gasteiger partial charge in [0.05, 0.1) is 6.42 Å². The van der Waals surface area contributed by atoms with E-state index in [1.807, 2.05) is 18.2 Å². The van der Waals surface area contributed by atoms with E-state index in [1.165, 1.54) is 12.1 Å². The van der Waals surface area contributed by atoms with E-state index >= 15 is 0 Å².